The summed E-state index contributed by atoms with van der Waals surface area (Å²) in [6, 6.07) is 4.60. The van der Waals surface area contributed by atoms with Gasteiger partial charge in [0.2, 0.25) is 11.8 Å². The van der Waals surface area contributed by atoms with E-state index in [9.17, 15) is 14.7 Å². The average Bonchev–Trinajstić information content (AvgIpc) is 2.43. The standard InChI is InChI=1S/C15H20Cl2N2O3/c1-3-15(4-2,14(18)22)19-13(21)8-12(20)9-5-10(16)7-11(17)6-9/h5-7,12,20H,3-4,8H2,1-2H3,(H2,18,22)(H,19,21). The predicted octanol–water partition coefficient (Wildman–Crippen LogP) is 2.58. The van der Waals surface area contributed by atoms with Gasteiger partial charge in [0.25, 0.3) is 0 Å². The van der Waals surface area contributed by atoms with Crippen LogP contribution in [0.1, 0.15) is 44.8 Å². The molecular formula is C15H20Cl2N2O3. The van der Waals surface area contributed by atoms with Crippen LogP contribution in [0, 0.1) is 0 Å². The zero-order chi connectivity index (χ0) is 16.9. The fourth-order valence-corrected chi connectivity index (χ4v) is 2.76. The first kappa shape index (κ1) is 18.7. The van der Waals surface area contributed by atoms with Gasteiger partial charge in [-0.25, -0.2) is 0 Å². The van der Waals surface area contributed by atoms with Crippen LogP contribution in [0.5, 0.6) is 0 Å². The van der Waals surface area contributed by atoms with E-state index in [-0.39, 0.29) is 6.42 Å². The van der Waals surface area contributed by atoms with Gasteiger partial charge in [0, 0.05) is 10.0 Å². The molecule has 1 aromatic carbocycles. The van der Waals surface area contributed by atoms with Crippen molar-refractivity contribution in [2.75, 3.05) is 0 Å². The largest absolute Gasteiger partial charge is 0.388 e. The minimum absolute atomic E-state index is 0.217. The number of aliphatic hydroxyl groups excluding tert-OH is 1. The number of nitrogens with two attached hydrogens (primary N) is 1. The summed E-state index contributed by atoms with van der Waals surface area (Å²) in [5.41, 5.74) is 4.71. The van der Waals surface area contributed by atoms with Crippen LogP contribution in [0.15, 0.2) is 18.2 Å². The molecule has 1 atom stereocenters. The number of primary amides is 1. The van der Waals surface area contributed by atoms with Crippen LogP contribution in [-0.4, -0.2) is 22.5 Å². The predicted molar refractivity (Wildman–Crippen MR) is 86.7 cm³/mol. The molecule has 7 heteroatoms. The Labute approximate surface area is 139 Å². The van der Waals surface area contributed by atoms with E-state index in [2.05, 4.69) is 5.32 Å². The first-order chi connectivity index (χ1) is 10.2. The molecule has 0 fully saturated rings. The van der Waals surface area contributed by atoms with Crippen molar-refractivity contribution in [1.29, 1.82) is 0 Å². The van der Waals surface area contributed by atoms with Gasteiger partial charge in [-0.1, -0.05) is 37.0 Å². The van der Waals surface area contributed by atoms with Gasteiger partial charge in [0.1, 0.15) is 5.54 Å². The number of hydrogen-bond acceptors (Lipinski definition) is 3. The Kier molecular flexibility index (Phi) is 6.66. The molecule has 0 aliphatic heterocycles. The van der Waals surface area contributed by atoms with Crippen LogP contribution in [0.2, 0.25) is 10.0 Å². The topological polar surface area (TPSA) is 92.4 Å². The molecule has 2 amide bonds. The maximum Gasteiger partial charge on any atom is 0.243 e. The maximum absolute atomic E-state index is 12.1. The Hall–Kier alpha value is -1.30. The minimum atomic E-state index is -1.09. The fraction of sp³-hybridized carbons (Fsp3) is 0.467. The van der Waals surface area contributed by atoms with E-state index in [4.69, 9.17) is 28.9 Å². The second kappa shape index (κ2) is 7.81. The summed E-state index contributed by atoms with van der Waals surface area (Å²) in [5.74, 6) is -1.06. The molecule has 0 aliphatic rings. The molecule has 0 saturated heterocycles. The van der Waals surface area contributed by atoms with E-state index in [0.717, 1.165) is 0 Å². The molecule has 0 radical (unpaired) electrons. The number of nitrogens with one attached hydrogen (secondary N) is 1. The Balaban J connectivity index is 2.81. The summed E-state index contributed by atoms with van der Waals surface area (Å²) < 4.78 is 0. The van der Waals surface area contributed by atoms with Crippen LogP contribution in [0.4, 0.5) is 0 Å². The molecule has 5 nitrogen and oxygen atoms in total. The monoisotopic (exact) mass is 346 g/mol. The molecular weight excluding hydrogens is 327 g/mol. The summed E-state index contributed by atoms with van der Waals surface area (Å²) >= 11 is 11.7. The third kappa shape index (κ3) is 4.60. The molecule has 0 spiro atoms. The van der Waals surface area contributed by atoms with Crippen molar-refractivity contribution in [3.05, 3.63) is 33.8 Å². The molecule has 0 aromatic heterocycles. The molecule has 122 valence electrons. The Morgan fingerprint density at radius 3 is 2.14 bits per heavy atom. The Morgan fingerprint density at radius 1 is 1.23 bits per heavy atom. The lowest BCUT2D eigenvalue weighted by molar-refractivity contribution is -0.133. The molecule has 0 heterocycles. The second-order valence-electron chi connectivity index (χ2n) is 5.12. The number of aliphatic hydroxyl groups is 1. The Morgan fingerprint density at radius 2 is 1.73 bits per heavy atom. The number of carbonyl (C=O) groups is 2. The zero-order valence-corrected chi connectivity index (χ0v) is 14.0. The molecule has 1 aromatic rings. The van der Waals surface area contributed by atoms with E-state index in [1.165, 1.54) is 18.2 Å². The van der Waals surface area contributed by atoms with Gasteiger partial charge in [-0.15, -0.1) is 0 Å². The number of rotatable bonds is 7. The summed E-state index contributed by atoms with van der Waals surface area (Å²) in [7, 11) is 0. The lowest BCUT2D eigenvalue weighted by atomic mass is 9.91. The van der Waals surface area contributed by atoms with Crippen molar-refractivity contribution in [3.8, 4) is 0 Å². The van der Waals surface area contributed by atoms with Gasteiger partial charge in [-0.05, 0) is 36.6 Å². The lowest BCUT2D eigenvalue weighted by Crippen LogP contribution is -2.56. The minimum Gasteiger partial charge on any atom is -0.388 e. The normalized spacial score (nSPS) is 12.8. The van der Waals surface area contributed by atoms with E-state index in [0.29, 0.717) is 28.5 Å². The highest BCUT2D eigenvalue weighted by Crippen LogP contribution is 2.25. The van der Waals surface area contributed by atoms with E-state index in [1.54, 1.807) is 13.8 Å². The highest BCUT2D eigenvalue weighted by atomic mass is 35.5. The smallest absolute Gasteiger partial charge is 0.243 e. The van der Waals surface area contributed by atoms with E-state index in [1.807, 2.05) is 0 Å². The maximum atomic E-state index is 12.1. The van der Waals surface area contributed by atoms with Crippen molar-refractivity contribution in [3.63, 3.8) is 0 Å². The number of hydrogen-bond donors (Lipinski definition) is 3. The van der Waals surface area contributed by atoms with Crippen molar-refractivity contribution in [2.45, 2.75) is 44.8 Å². The first-order valence-corrected chi connectivity index (χ1v) is 7.74. The van der Waals surface area contributed by atoms with Gasteiger partial charge in [-0.2, -0.15) is 0 Å². The van der Waals surface area contributed by atoms with Crippen molar-refractivity contribution in [1.82, 2.24) is 5.32 Å². The first-order valence-electron chi connectivity index (χ1n) is 6.99. The van der Waals surface area contributed by atoms with E-state index >= 15 is 0 Å². The third-order valence-corrected chi connectivity index (χ3v) is 4.14. The Bertz CT molecular complexity index is 539. The second-order valence-corrected chi connectivity index (χ2v) is 6.00. The molecule has 0 bridgehead atoms. The van der Waals surface area contributed by atoms with Crippen molar-refractivity contribution in [2.24, 2.45) is 5.73 Å². The van der Waals surface area contributed by atoms with Gasteiger partial charge < -0.3 is 16.2 Å². The SMILES string of the molecule is CCC(CC)(NC(=O)CC(O)c1cc(Cl)cc(Cl)c1)C(N)=O. The average molecular weight is 347 g/mol. The summed E-state index contributed by atoms with van der Waals surface area (Å²) in [6.45, 7) is 3.53. The third-order valence-electron chi connectivity index (χ3n) is 3.71. The zero-order valence-electron chi connectivity index (χ0n) is 12.5. The van der Waals surface area contributed by atoms with Crippen molar-refractivity contribution >= 4 is 35.0 Å². The molecule has 1 unspecified atom stereocenters. The van der Waals surface area contributed by atoms with Gasteiger partial charge in [-0.3, -0.25) is 9.59 Å². The lowest BCUT2D eigenvalue weighted by Gasteiger charge is -2.29. The fourth-order valence-electron chi connectivity index (χ4n) is 2.22. The summed E-state index contributed by atoms with van der Waals surface area (Å²) in [6.07, 6.45) is -0.533. The van der Waals surface area contributed by atoms with E-state index < -0.39 is 23.5 Å². The highest BCUT2D eigenvalue weighted by molar-refractivity contribution is 6.34. The van der Waals surface area contributed by atoms with Crippen LogP contribution in [0.25, 0.3) is 0 Å². The molecule has 0 aliphatic carbocycles. The number of benzene rings is 1. The van der Waals surface area contributed by atoms with Gasteiger partial charge in [0.05, 0.1) is 12.5 Å². The summed E-state index contributed by atoms with van der Waals surface area (Å²) in [5, 5.41) is 13.5. The molecule has 1 rings (SSSR count). The molecule has 22 heavy (non-hydrogen) atoms. The summed E-state index contributed by atoms with van der Waals surface area (Å²) in [4.78, 5) is 23.7. The number of halogens is 2. The van der Waals surface area contributed by atoms with Crippen molar-refractivity contribution < 1.29 is 14.7 Å². The van der Waals surface area contributed by atoms with Crippen LogP contribution in [0.3, 0.4) is 0 Å². The highest BCUT2D eigenvalue weighted by Gasteiger charge is 2.34. The van der Waals surface area contributed by atoms with Gasteiger partial charge in [0.15, 0.2) is 0 Å². The van der Waals surface area contributed by atoms with Crippen LogP contribution >= 0.6 is 23.2 Å². The number of carbonyl (C=O) groups excluding carboxylic acids is 2. The molecule has 0 saturated carbocycles. The molecule has 4 N–H and O–H groups in total. The number of amides is 2. The van der Waals surface area contributed by atoms with Crippen LogP contribution in [-0.2, 0) is 9.59 Å². The quantitative estimate of drug-likeness (QED) is 0.708. The van der Waals surface area contributed by atoms with Crippen LogP contribution < -0.4 is 11.1 Å². The van der Waals surface area contributed by atoms with Gasteiger partial charge >= 0.3 is 0 Å².